The number of methoxy groups -OCH3 is 1. The molecule has 2 aromatic rings. The van der Waals surface area contributed by atoms with Crippen LogP contribution in [0.2, 0.25) is 0 Å². The lowest BCUT2D eigenvalue weighted by Gasteiger charge is -2.11. The average Bonchev–Trinajstić information content (AvgIpc) is 2.43. The standard InChI is InChI=1S/C14H12BrFN2O2/c1-20-12-7-8(17)5-6-11(12)18-14(19)9-3-2-4-10(15)13(9)16/h2-7H,17H2,1H3,(H,18,19). The highest BCUT2D eigenvalue weighted by molar-refractivity contribution is 9.10. The maximum atomic E-state index is 13.8. The topological polar surface area (TPSA) is 64.3 Å². The van der Waals surface area contributed by atoms with Crippen molar-refractivity contribution >= 4 is 33.2 Å². The van der Waals surface area contributed by atoms with E-state index in [1.165, 1.54) is 19.2 Å². The van der Waals surface area contributed by atoms with Gasteiger partial charge in [0.05, 0.1) is 22.8 Å². The molecular formula is C14H12BrFN2O2. The maximum absolute atomic E-state index is 13.8. The molecule has 20 heavy (non-hydrogen) atoms. The smallest absolute Gasteiger partial charge is 0.258 e. The molecule has 104 valence electrons. The Kier molecular flexibility index (Phi) is 4.24. The molecule has 0 aliphatic rings. The van der Waals surface area contributed by atoms with E-state index >= 15 is 0 Å². The molecule has 0 unspecified atom stereocenters. The lowest BCUT2D eigenvalue weighted by molar-refractivity contribution is 0.102. The number of hydrogen-bond acceptors (Lipinski definition) is 3. The second kappa shape index (κ2) is 5.92. The molecule has 1 amide bonds. The van der Waals surface area contributed by atoms with E-state index in [9.17, 15) is 9.18 Å². The van der Waals surface area contributed by atoms with Crippen LogP contribution in [0.15, 0.2) is 40.9 Å². The van der Waals surface area contributed by atoms with Gasteiger partial charge in [0, 0.05) is 11.8 Å². The van der Waals surface area contributed by atoms with Crippen LogP contribution in [0.3, 0.4) is 0 Å². The molecule has 0 radical (unpaired) electrons. The number of nitrogen functional groups attached to an aromatic ring is 1. The fourth-order valence-electron chi connectivity index (χ4n) is 1.68. The van der Waals surface area contributed by atoms with Gasteiger partial charge in [0.1, 0.15) is 11.6 Å². The summed E-state index contributed by atoms with van der Waals surface area (Å²) in [5.74, 6) is -0.764. The van der Waals surface area contributed by atoms with E-state index in [1.54, 1.807) is 24.3 Å². The Balaban J connectivity index is 2.30. The number of benzene rings is 2. The third-order valence-electron chi connectivity index (χ3n) is 2.67. The van der Waals surface area contributed by atoms with Crippen LogP contribution in [0.1, 0.15) is 10.4 Å². The zero-order chi connectivity index (χ0) is 14.7. The van der Waals surface area contributed by atoms with E-state index in [0.717, 1.165) is 0 Å². The summed E-state index contributed by atoms with van der Waals surface area (Å²) in [5, 5.41) is 2.59. The van der Waals surface area contributed by atoms with Gasteiger partial charge in [0.2, 0.25) is 0 Å². The Bertz CT molecular complexity index is 662. The number of carbonyl (C=O) groups is 1. The first-order chi connectivity index (χ1) is 9.52. The molecule has 3 N–H and O–H groups in total. The number of nitrogens with two attached hydrogens (primary N) is 1. The highest BCUT2D eigenvalue weighted by Crippen LogP contribution is 2.27. The van der Waals surface area contributed by atoms with Gasteiger partial charge < -0.3 is 15.8 Å². The van der Waals surface area contributed by atoms with Crippen LogP contribution in [-0.4, -0.2) is 13.0 Å². The quantitative estimate of drug-likeness (QED) is 0.842. The van der Waals surface area contributed by atoms with Gasteiger partial charge in [-0.2, -0.15) is 0 Å². The summed E-state index contributed by atoms with van der Waals surface area (Å²) in [6, 6.07) is 9.31. The summed E-state index contributed by atoms with van der Waals surface area (Å²) >= 11 is 3.04. The van der Waals surface area contributed by atoms with Crippen molar-refractivity contribution in [1.82, 2.24) is 0 Å². The number of hydrogen-bond donors (Lipinski definition) is 2. The van der Waals surface area contributed by atoms with Crippen molar-refractivity contribution < 1.29 is 13.9 Å². The van der Waals surface area contributed by atoms with Crippen LogP contribution >= 0.6 is 15.9 Å². The Morgan fingerprint density at radius 3 is 2.80 bits per heavy atom. The highest BCUT2D eigenvalue weighted by atomic mass is 79.9. The number of rotatable bonds is 3. The number of nitrogens with one attached hydrogen (secondary N) is 1. The first-order valence-corrected chi connectivity index (χ1v) is 6.51. The Hall–Kier alpha value is -2.08. The molecule has 0 aromatic heterocycles. The molecule has 0 atom stereocenters. The lowest BCUT2D eigenvalue weighted by Crippen LogP contribution is -2.14. The largest absolute Gasteiger partial charge is 0.494 e. The van der Waals surface area contributed by atoms with Crippen LogP contribution in [0.4, 0.5) is 15.8 Å². The van der Waals surface area contributed by atoms with Gasteiger partial charge in [-0.15, -0.1) is 0 Å². The minimum atomic E-state index is -0.612. The molecule has 0 aliphatic heterocycles. The van der Waals surface area contributed by atoms with Crippen molar-refractivity contribution in [3.8, 4) is 5.75 Å². The SMILES string of the molecule is COc1cc(N)ccc1NC(=O)c1cccc(Br)c1F. The monoisotopic (exact) mass is 338 g/mol. The number of amides is 1. The van der Waals surface area contributed by atoms with Crippen LogP contribution in [-0.2, 0) is 0 Å². The van der Waals surface area contributed by atoms with Crippen LogP contribution in [0.5, 0.6) is 5.75 Å². The van der Waals surface area contributed by atoms with Gasteiger partial charge in [-0.05, 0) is 40.2 Å². The summed E-state index contributed by atoms with van der Waals surface area (Å²) in [7, 11) is 1.46. The van der Waals surface area contributed by atoms with E-state index in [4.69, 9.17) is 10.5 Å². The molecule has 0 spiro atoms. The first-order valence-electron chi connectivity index (χ1n) is 5.72. The van der Waals surface area contributed by atoms with Gasteiger partial charge in [-0.3, -0.25) is 4.79 Å². The predicted molar refractivity (Wildman–Crippen MR) is 79.5 cm³/mol. The van der Waals surface area contributed by atoms with Gasteiger partial charge >= 0.3 is 0 Å². The molecular weight excluding hydrogens is 327 g/mol. The third kappa shape index (κ3) is 2.91. The van der Waals surface area contributed by atoms with Crippen molar-refractivity contribution in [3.63, 3.8) is 0 Å². The number of ether oxygens (including phenoxy) is 1. The third-order valence-corrected chi connectivity index (χ3v) is 3.28. The highest BCUT2D eigenvalue weighted by Gasteiger charge is 2.15. The summed E-state index contributed by atoms with van der Waals surface area (Å²) in [6.45, 7) is 0. The molecule has 0 saturated heterocycles. The Morgan fingerprint density at radius 2 is 2.10 bits per heavy atom. The second-order valence-corrected chi connectivity index (χ2v) is 4.87. The minimum Gasteiger partial charge on any atom is -0.494 e. The number of halogens is 2. The van der Waals surface area contributed by atoms with E-state index in [2.05, 4.69) is 21.2 Å². The van der Waals surface area contributed by atoms with Crippen molar-refractivity contribution in [1.29, 1.82) is 0 Å². The van der Waals surface area contributed by atoms with Crippen LogP contribution in [0, 0.1) is 5.82 Å². The average molecular weight is 339 g/mol. The maximum Gasteiger partial charge on any atom is 0.258 e. The molecule has 0 heterocycles. The minimum absolute atomic E-state index is 0.0572. The molecule has 0 fully saturated rings. The molecule has 0 bridgehead atoms. The fraction of sp³-hybridized carbons (Fsp3) is 0.0714. The van der Waals surface area contributed by atoms with E-state index in [-0.39, 0.29) is 10.0 Å². The molecule has 6 heteroatoms. The summed E-state index contributed by atoms with van der Waals surface area (Å²) < 4.78 is 19.2. The van der Waals surface area contributed by atoms with Gasteiger partial charge in [0.25, 0.3) is 5.91 Å². The summed E-state index contributed by atoms with van der Waals surface area (Å²) in [4.78, 5) is 12.1. The predicted octanol–water partition coefficient (Wildman–Crippen LogP) is 3.43. The van der Waals surface area contributed by atoms with Crippen molar-refractivity contribution in [3.05, 3.63) is 52.3 Å². The van der Waals surface area contributed by atoms with Crippen LogP contribution < -0.4 is 15.8 Å². The van der Waals surface area contributed by atoms with E-state index < -0.39 is 11.7 Å². The van der Waals surface area contributed by atoms with Crippen molar-refractivity contribution in [2.45, 2.75) is 0 Å². The second-order valence-electron chi connectivity index (χ2n) is 4.02. The summed E-state index contributed by atoms with van der Waals surface area (Å²) in [6.07, 6.45) is 0. The van der Waals surface area contributed by atoms with Gasteiger partial charge in [-0.1, -0.05) is 6.07 Å². The molecule has 0 aliphatic carbocycles. The van der Waals surface area contributed by atoms with E-state index in [1.807, 2.05) is 0 Å². The normalized spacial score (nSPS) is 10.2. The Labute approximate surface area is 123 Å². The van der Waals surface area contributed by atoms with Crippen molar-refractivity contribution in [2.24, 2.45) is 0 Å². The first kappa shape index (κ1) is 14.3. The fourth-order valence-corrected chi connectivity index (χ4v) is 2.05. The molecule has 4 nitrogen and oxygen atoms in total. The van der Waals surface area contributed by atoms with Gasteiger partial charge in [-0.25, -0.2) is 4.39 Å². The summed E-state index contributed by atoms with van der Waals surface area (Å²) in [5.41, 5.74) is 6.50. The molecule has 0 saturated carbocycles. The number of anilines is 2. The van der Waals surface area contributed by atoms with Crippen molar-refractivity contribution in [2.75, 3.05) is 18.2 Å². The Morgan fingerprint density at radius 1 is 1.35 bits per heavy atom. The lowest BCUT2D eigenvalue weighted by atomic mass is 10.2. The molecule has 2 rings (SSSR count). The van der Waals surface area contributed by atoms with Gasteiger partial charge in [0.15, 0.2) is 0 Å². The number of carbonyl (C=O) groups excluding carboxylic acids is 1. The zero-order valence-electron chi connectivity index (χ0n) is 10.6. The van der Waals surface area contributed by atoms with E-state index in [0.29, 0.717) is 17.1 Å². The zero-order valence-corrected chi connectivity index (χ0v) is 12.2. The van der Waals surface area contributed by atoms with Crippen LogP contribution in [0.25, 0.3) is 0 Å². The molecule has 2 aromatic carbocycles.